The zero-order chi connectivity index (χ0) is 26.2. The van der Waals surface area contributed by atoms with Gasteiger partial charge in [0, 0.05) is 6.54 Å². The molecule has 0 unspecified atom stereocenters. The van der Waals surface area contributed by atoms with Crippen LogP contribution in [0.15, 0.2) is 60.7 Å². The van der Waals surface area contributed by atoms with Gasteiger partial charge in [-0.05, 0) is 30.4 Å². The van der Waals surface area contributed by atoms with Crippen molar-refractivity contribution >= 4 is 23.9 Å². The van der Waals surface area contributed by atoms with Gasteiger partial charge in [-0.25, -0.2) is 14.5 Å². The van der Waals surface area contributed by atoms with Crippen LogP contribution in [0, 0.1) is 5.92 Å². The van der Waals surface area contributed by atoms with Gasteiger partial charge >= 0.3 is 18.0 Å². The standard InChI is InChI=1S/C27H33N3O6/c1-18(2)14-22(26(34)36-17-21-12-8-5-9-13-21)28-19(3)24(31)30-23(25(32)33)16-29(27(30)35)15-20-10-6-4-7-11-20/h4-13,18-19,22-23,28H,14-17H2,1-3H3,(H,32,33)/t19-,22-,23-/m0/s1. The Hall–Kier alpha value is -3.72. The van der Waals surface area contributed by atoms with Crippen LogP contribution in [-0.4, -0.2) is 63.5 Å². The van der Waals surface area contributed by atoms with Gasteiger partial charge in [-0.2, -0.15) is 0 Å². The monoisotopic (exact) mass is 495 g/mol. The molecule has 3 atom stereocenters. The number of aliphatic carboxylic acids is 1. The third-order valence-electron chi connectivity index (χ3n) is 5.96. The quantitative estimate of drug-likeness (QED) is 0.460. The van der Waals surface area contributed by atoms with E-state index in [9.17, 15) is 24.3 Å². The molecule has 0 aromatic heterocycles. The number of benzene rings is 2. The van der Waals surface area contributed by atoms with Crippen LogP contribution in [0.3, 0.4) is 0 Å². The Labute approximate surface area is 211 Å². The fourth-order valence-corrected chi connectivity index (χ4v) is 4.14. The van der Waals surface area contributed by atoms with Crippen molar-refractivity contribution in [2.24, 2.45) is 5.92 Å². The Morgan fingerprint density at radius 1 is 1.00 bits per heavy atom. The van der Waals surface area contributed by atoms with E-state index in [1.54, 1.807) is 0 Å². The molecule has 1 aliphatic rings. The van der Waals surface area contributed by atoms with Crippen molar-refractivity contribution in [1.82, 2.24) is 15.1 Å². The average Bonchev–Trinajstić information content (AvgIpc) is 3.18. The SMILES string of the molecule is CC(C)C[C@H](N[C@@H](C)C(=O)N1C(=O)N(Cc2ccccc2)C[C@H]1C(=O)O)C(=O)OCc1ccccc1. The third-order valence-corrected chi connectivity index (χ3v) is 5.96. The molecule has 1 fully saturated rings. The Bertz CT molecular complexity index is 1060. The normalized spacial score (nSPS) is 17.2. The van der Waals surface area contributed by atoms with Gasteiger partial charge in [0.25, 0.3) is 0 Å². The Morgan fingerprint density at radius 2 is 1.58 bits per heavy atom. The van der Waals surface area contributed by atoms with Crippen molar-refractivity contribution in [2.45, 2.75) is 58.5 Å². The van der Waals surface area contributed by atoms with Crippen molar-refractivity contribution in [3.63, 3.8) is 0 Å². The molecule has 0 spiro atoms. The average molecular weight is 496 g/mol. The number of nitrogens with zero attached hydrogens (tertiary/aromatic N) is 2. The summed E-state index contributed by atoms with van der Waals surface area (Å²) in [6, 6.07) is 14.6. The van der Waals surface area contributed by atoms with Crippen molar-refractivity contribution in [3.05, 3.63) is 71.8 Å². The summed E-state index contributed by atoms with van der Waals surface area (Å²) in [5, 5.41) is 12.7. The number of rotatable bonds is 11. The van der Waals surface area contributed by atoms with Gasteiger partial charge in [-0.1, -0.05) is 74.5 Å². The molecule has 0 bridgehead atoms. The molecule has 1 aliphatic heterocycles. The van der Waals surface area contributed by atoms with Gasteiger partial charge < -0.3 is 14.7 Å². The maximum atomic E-state index is 13.3. The molecular weight excluding hydrogens is 462 g/mol. The zero-order valence-electron chi connectivity index (χ0n) is 20.8. The van der Waals surface area contributed by atoms with Crippen LogP contribution in [0.1, 0.15) is 38.3 Å². The van der Waals surface area contributed by atoms with E-state index in [0.717, 1.165) is 16.0 Å². The molecule has 2 aromatic rings. The van der Waals surface area contributed by atoms with Crippen molar-refractivity contribution in [3.8, 4) is 0 Å². The number of amides is 3. The molecule has 3 amide bonds. The van der Waals surface area contributed by atoms with E-state index in [-0.39, 0.29) is 25.6 Å². The highest BCUT2D eigenvalue weighted by molar-refractivity contribution is 6.02. The van der Waals surface area contributed by atoms with Crippen molar-refractivity contribution in [1.29, 1.82) is 0 Å². The lowest BCUT2D eigenvalue weighted by Gasteiger charge is -2.27. The van der Waals surface area contributed by atoms with Crippen LogP contribution in [0.5, 0.6) is 0 Å². The first-order chi connectivity index (χ1) is 17.2. The number of imide groups is 1. The number of carbonyl (C=O) groups is 4. The molecule has 3 rings (SSSR count). The summed E-state index contributed by atoms with van der Waals surface area (Å²) < 4.78 is 5.47. The summed E-state index contributed by atoms with van der Waals surface area (Å²) in [6.45, 7) is 5.58. The summed E-state index contributed by atoms with van der Waals surface area (Å²) in [7, 11) is 0. The first-order valence-electron chi connectivity index (χ1n) is 12.0. The summed E-state index contributed by atoms with van der Waals surface area (Å²) >= 11 is 0. The fraction of sp³-hybridized carbons (Fsp3) is 0.407. The topological polar surface area (TPSA) is 116 Å². The van der Waals surface area contributed by atoms with E-state index in [0.29, 0.717) is 6.42 Å². The number of nitrogens with one attached hydrogen (secondary N) is 1. The summed E-state index contributed by atoms with van der Waals surface area (Å²) in [5.74, 6) is -2.36. The molecule has 1 saturated heterocycles. The third kappa shape index (κ3) is 6.91. The number of urea groups is 1. The van der Waals surface area contributed by atoms with Crippen LogP contribution >= 0.6 is 0 Å². The molecule has 0 radical (unpaired) electrons. The van der Waals surface area contributed by atoms with Gasteiger partial charge in [0.2, 0.25) is 5.91 Å². The lowest BCUT2D eigenvalue weighted by molar-refractivity contribution is -0.150. The number of carboxylic acids is 1. The number of hydrogen-bond donors (Lipinski definition) is 2. The van der Waals surface area contributed by atoms with E-state index < -0.39 is 42.0 Å². The lowest BCUT2D eigenvalue weighted by atomic mass is 10.0. The minimum Gasteiger partial charge on any atom is -0.480 e. The fourth-order valence-electron chi connectivity index (χ4n) is 4.14. The minimum atomic E-state index is -1.31. The number of esters is 1. The van der Waals surface area contributed by atoms with E-state index in [1.165, 1.54) is 11.8 Å². The molecule has 2 N–H and O–H groups in total. The van der Waals surface area contributed by atoms with E-state index in [2.05, 4.69) is 5.32 Å². The van der Waals surface area contributed by atoms with Crippen LogP contribution in [0.4, 0.5) is 4.79 Å². The van der Waals surface area contributed by atoms with Crippen molar-refractivity contribution < 1.29 is 29.0 Å². The summed E-state index contributed by atoms with van der Waals surface area (Å²) in [4.78, 5) is 53.3. The van der Waals surface area contributed by atoms with E-state index in [1.807, 2.05) is 74.5 Å². The molecule has 36 heavy (non-hydrogen) atoms. The second-order valence-corrected chi connectivity index (χ2v) is 9.37. The predicted octanol–water partition coefficient (Wildman–Crippen LogP) is 3.04. The summed E-state index contributed by atoms with van der Waals surface area (Å²) in [6.07, 6.45) is 0.404. The Morgan fingerprint density at radius 3 is 2.14 bits per heavy atom. The number of carbonyl (C=O) groups excluding carboxylic acids is 3. The molecular formula is C27H33N3O6. The molecule has 2 aromatic carbocycles. The van der Waals surface area contributed by atoms with E-state index >= 15 is 0 Å². The highest BCUT2D eigenvalue weighted by atomic mass is 16.5. The molecule has 192 valence electrons. The van der Waals surface area contributed by atoms with Crippen LogP contribution < -0.4 is 5.32 Å². The molecule has 0 aliphatic carbocycles. The smallest absolute Gasteiger partial charge is 0.328 e. The maximum absolute atomic E-state index is 13.3. The predicted molar refractivity (Wildman–Crippen MR) is 133 cm³/mol. The van der Waals surface area contributed by atoms with Gasteiger partial charge in [0.05, 0.1) is 12.6 Å². The highest BCUT2D eigenvalue weighted by Crippen LogP contribution is 2.21. The first-order valence-corrected chi connectivity index (χ1v) is 12.0. The Balaban J connectivity index is 1.69. The summed E-state index contributed by atoms with van der Waals surface area (Å²) in [5.41, 5.74) is 1.66. The molecule has 1 heterocycles. The number of hydrogen-bond acceptors (Lipinski definition) is 6. The maximum Gasteiger partial charge on any atom is 0.328 e. The van der Waals surface area contributed by atoms with Gasteiger partial charge in [0.15, 0.2) is 6.04 Å². The van der Waals surface area contributed by atoms with Gasteiger partial charge in [0.1, 0.15) is 12.6 Å². The van der Waals surface area contributed by atoms with Gasteiger partial charge in [-0.3, -0.25) is 14.9 Å². The number of ether oxygens (including phenoxy) is 1. The highest BCUT2D eigenvalue weighted by Gasteiger charge is 2.46. The van der Waals surface area contributed by atoms with Crippen LogP contribution in [0.25, 0.3) is 0 Å². The second kappa shape index (κ2) is 12.3. The lowest BCUT2D eigenvalue weighted by Crippen LogP contribution is -2.55. The molecule has 0 saturated carbocycles. The minimum absolute atomic E-state index is 0.0957. The first kappa shape index (κ1) is 26.9. The zero-order valence-corrected chi connectivity index (χ0v) is 20.8. The second-order valence-electron chi connectivity index (χ2n) is 9.37. The largest absolute Gasteiger partial charge is 0.480 e. The Kier molecular flexibility index (Phi) is 9.19. The van der Waals surface area contributed by atoms with Crippen molar-refractivity contribution in [2.75, 3.05) is 6.54 Å². The molecule has 9 heteroatoms. The van der Waals surface area contributed by atoms with Crippen LogP contribution in [-0.2, 0) is 32.3 Å². The van der Waals surface area contributed by atoms with E-state index in [4.69, 9.17) is 4.74 Å². The number of carboxylic acid groups (broad SMARTS) is 1. The molecule has 9 nitrogen and oxygen atoms in total. The van der Waals surface area contributed by atoms with Crippen LogP contribution in [0.2, 0.25) is 0 Å². The van der Waals surface area contributed by atoms with Gasteiger partial charge in [-0.15, -0.1) is 0 Å².